The third-order valence-electron chi connectivity index (χ3n) is 2.39. The molecule has 0 spiro atoms. The maximum absolute atomic E-state index is 11.8. The Kier molecular flexibility index (Phi) is 4.68. The molecule has 102 valence electrons. The molecule has 5 heteroatoms. The maximum Gasteiger partial charge on any atom is 0.248 e. The van der Waals surface area contributed by atoms with Crippen LogP contribution in [0.3, 0.4) is 0 Å². The molecule has 1 aromatic carbocycles. The molecule has 2 amide bonds. The molecule has 0 aliphatic heterocycles. The van der Waals surface area contributed by atoms with Crippen molar-refractivity contribution in [3.8, 4) is 0 Å². The minimum atomic E-state index is -0.210. The molecular formula is C15H14N2O2S. The van der Waals surface area contributed by atoms with Gasteiger partial charge in [0, 0.05) is 29.3 Å². The summed E-state index contributed by atoms with van der Waals surface area (Å²) in [4.78, 5) is 23.8. The van der Waals surface area contributed by atoms with E-state index in [9.17, 15) is 9.59 Å². The third-order valence-corrected chi connectivity index (χ3v) is 3.23. The summed E-state index contributed by atoms with van der Waals surface area (Å²) in [6.45, 7) is 1.44. The number of anilines is 2. The molecular weight excluding hydrogens is 272 g/mol. The Morgan fingerprint density at radius 2 is 1.85 bits per heavy atom. The van der Waals surface area contributed by atoms with Crippen molar-refractivity contribution in [3.05, 3.63) is 52.7 Å². The van der Waals surface area contributed by atoms with Crippen LogP contribution in [-0.2, 0) is 9.59 Å². The molecule has 2 N–H and O–H groups in total. The molecule has 4 nitrogen and oxygen atoms in total. The molecule has 0 radical (unpaired) electrons. The van der Waals surface area contributed by atoms with Crippen molar-refractivity contribution in [2.24, 2.45) is 0 Å². The van der Waals surface area contributed by atoms with Crippen LogP contribution in [0.5, 0.6) is 0 Å². The minimum absolute atomic E-state index is 0.147. The van der Waals surface area contributed by atoms with Crippen LogP contribution in [0, 0.1) is 0 Å². The first-order valence-electron chi connectivity index (χ1n) is 6.04. The van der Waals surface area contributed by atoms with Gasteiger partial charge in [0.05, 0.1) is 0 Å². The van der Waals surface area contributed by atoms with Gasteiger partial charge in [0.2, 0.25) is 11.8 Å². The molecule has 0 saturated carbocycles. The number of rotatable bonds is 4. The number of carbonyl (C=O) groups excluding carboxylic acids is 2. The molecule has 0 fully saturated rings. The van der Waals surface area contributed by atoms with Gasteiger partial charge in [0.15, 0.2) is 0 Å². The molecule has 0 aliphatic carbocycles. The topological polar surface area (TPSA) is 58.2 Å². The molecule has 0 bridgehead atoms. The largest absolute Gasteiger partial charge is 0.326 e. The summed E-state index contributed by atoms with van der Waals surface area (Å²) in [6.07, 6.45) is 3.24. The fraction of sp³-hybridized carbons (Fsp3) is 0.0667. The average molecular weight is 286 g/mol. The van der Waals surface area contributed by atoms with Crippen molar-refractivity contribution >= 4 is 40.6 Å². The van der Waals surface area contributed by atoms with Crippen molar-refractivity contribution in [1.82, 2.24) is 0 Å². The van der Waals surface area contributed by atoms with E-state index in [4.69, 9.17) is 0 Å². The molecule has 2 rings (SSSR count). The molecule has 0 atom stereocenters. The van der Waals surface area contributed by atoms with Gasteiger partial charge in [-0.25, -0.2) is 0 Å². The zero-order chi connectivity index (χ0) is 14.4. The molecule has 0 saturated heterocycles. The van der Waals surface area contributed by atoms with E-state index in [1.807, 2.05) is 17.5 Å². The lowest BCUT2D eigenvalue weighted by atomic mass is 10.2. The predicted molar refractivity (Wildman–Crippen MR) is 82.7 cm³/mol. The molecule has 0 unspecified atom stereocenters. The highest BCUT2D eigenvalue weighted by Crippen LogP contribution is 2.15. The van der Waals surface area contributed by atoms with Gasteiger partial charge in [-0.3, -0.25) is 9.59 Å². The lowest BCUT2D eigenvalue weighted by molar-refractivity contribution is -0.114. The minimum Gasteiger partial charge on any atom is -0.326 e. The van der Waals surface area contributed by atoms with Gasteiger partial charge in [0.1, 0.15) is 0 Å². The SMILES string of the molecule is CC(=O)Nc1cccc(NC(=O)/C=C/c2cccs2)c1. The van der Waals surface area contributed by atoms with E-state index in [2.05, 4.69) is 10.6 Å². The van der Waals surface area contributed by atoms with Gasteiger partial charge in [0.25, 0.3) is 0 Å². The second kappa shape index (κ2) is 6.68. The normalized spacial score (nSPS) is 10.4. The van der Waals surface area contributed by atoms with Crippen LogP contribution in [0.2, 0.25) is 0 Å². The summed E-state index contributed by atoms with van der Waals surface area (Å²) >= 11 is 1.57. The van der Waals surface area contributed by atoms with E-state index < -0.39 is 0 Å². The van der Waals surface area contributed by atoms with E-state index >= 15 is 0 Å². The summed E-state index contributed by atoms with van der Waals surface area (Å²) in [7, 11) is 0. The van der Waals surface area contributed by atoms with E-state index in [1.54, 1.807) is 41.7 Å². The Hall–Kier alpha value is -2.40. The highest BCUT2D eigenvalue weighted by atomic mass is 32.1. The van der Waals surface area contributed by atoms with Crippen molar-refractivity contribution in [1.29, 1.82) is 0 Å². The molecule has 1 aromatic heterocycles. The smallest absolute Gasteiger partial charge is 0.248 e. The number of benzene rings is 1. The monoisotopic (exact) mass is 286 g/mol. The average Bonchev–Trinajstić information content (AvgIpc) is 2.89. The van der Waals surface area contributed by atoms with Gasteiger partial charge in [-0.15, -0.1) is 11.3 Å². The Morgan fingerprint density at radius 3 is 2.50 bits per heavy atom. The van der Waals surface area contributed by atoms with E-state index in [0.29, 0.717) is 11.4 Å². The summed E-state index contributed by atoms with van der Waals surface area (Å²) < 4.78 is 0. The molecule has 2 aromatic rings. The second-order valence-corrected chi connectivity index (χ2v) is 5.08. The van der Waals surface area contributed by atoms with Gasteiger partial charge < -0.3 is 10.6 Å². The van der Waals surface area contributed by atoms with E-state index in [0.717, 1.165) is 4.88 Å². The fourth-order valence-electron chi connectivity index (χ4n) is 1.61. The van der Waals surface area contributed by atoms with Crippen LogP contribution in [0.15, 0.2) is 47.9 Å². The number of hydrogen-bond acceptors (Lipinski definition) is 3. The van der Waals surface area contributed by atoms with Crippen molar-refractivity contribution in [2.45, 2.75) is 6.92 Å². The highest BCUT2D eigenvalue weighted by Gasteiger charge is 2.00. The van der Waals surface area contributed by atoms with Crippen LogP contribution < -0.4 is 10.6 Å². The predicted octanol–water partition coefficient (Wildman–Crippen LogP) is 3.36. The maximum atomic E-state index is 11.8. The summed E-state index contributed by atoms with van der Waals surface area (Å²) in [6, 6.07) is 10.9. The lowest BCUT2D eigenvalue weighted by Gasteiger charge is -2.06. The van der Waals surface area contributed by atoms with Crippen molar-refractivity contribution in [3.63, 3.8) is 0 Å². The highest BCUT2D eigenvalue weighted by molar-refractivity contribution is 7.10. The number of carbonyl (C=O) groups is 2. The van der Waals surface area contributed by atoms with Gasteiger partial charge in [-0.1, -0.05) is 12.1 Å². The Labute approximate surface area is 121 Å². The van der Waals surface area contributed by atoms with Gasteiger partial charge in [-0.2, -0.15) is 0 Å². The van der Waals surface area contributed by atoms with Crippen LogP contribution in [0.25, 0.3) is 6.08 Å². The quantitative estimate of drug-likeness (QED) is 0.847. The molecule has 0 aliphatic rings. The van der Waals surface area contributed by atoms with Crippen LogP contribution >= 0.6 is 11.3 Å². The van der Waals surface area contributed by atoms with Crippen LogP contribution in [0.1, 0.15) is 11.8 Å². The first kappa shape index (κ1) is 14.0. The number of nitrogens with one attached hydrogen (secondary N) is 2. The number of thiophene rings is 1. The molecule has 1 heterocycles. The first-order valence-corrected chi connectivity index (χ1v) is 6.92. The van der Waals surface area contributed by atoms with Gasteiger partial charge >= 0.3 is 0 Å². The van der Waals surface area contributed by atoms with Crippen LogP contribution in [-0.4, -0.2) is 11.8 Å². The standard InChI is InChI=1S/C15H14N2O2S/c1-11(18)16-12-4-2-5-13(10-12)17-15(19)8-7-14-6-3-9-20-14/h2-10H,1H3,(H,16,18)(H,17,19)/b8-7+. The third kappa shape index (κ3) is 4.37. The van der Waals surface area contributed by atoms with Crippen molar-refractivity contribution < 1.29 is 9.59 Å². The van der Waals surface area contributed by atoms with Gasteiger partial charge in [-0.05, 0) is 35.7 Å². The zero-order valence-electron chi connectivity index (χ0n) is 10.9. The van der Waals surface area contributed by atoms with Crippen molar-refractivity contribution in [2.75, 3.05) is 10.6 Å². The lowest BCUT2D eigenvalue weighted by Crippen LogP contribution is -2.09. The summed E-state index contributed by atoms with van der Waals surface area (Å²) in [5, 5.41) is 7.36. The Balaban J connectivity index is 1.99. The fourth-order valence-corrected chi connectivity index (χ4v) is 2.22. The zero-order valence-corrected chi connectivity index (χ0v) is 11.7. The second-order valence-electron chi connectivity index (χ2n) is 4.10. The summed E-state index contributed by atoms with van der Waals surface area (Å²) in [5.74, 6) is -0.357. The van der Waals surface area contributed by atoms with Crippen LogP contribution in [0.4, 0.5) is 11.4 Å². The number of amides is 2. The molecule has 20 heavy (non-hydrogen) atoms. The first-order chi connectivity index (χ1) is 9.63. The number of hydrogen-bond donors (Lipinski definition) is 2. The van der Waals surface area contributed by atoms with E-state index in [-0.39, 0.29) is 11.8 Å². The Bertz CT molecular complexity index is 633. The summed E-state index contributed by atoms with van der Waals surface area (Å²) in [5.41, 5.74) is 1.29. The Morgan fingerprint density at radius 1 is 1.10 bits per heavy atom. The van der Waals surface area contributed by atoms with E-state index in [1.165, 1.54) is 13.0 Å².